The van der Waals surface area contributed by atoms with Crippen LogP contribution in [-0.2, 0) is 6.54 Å². The molecule has 1 N–H and O–H groups in total. The number of hydrogen-bond acceptors (Lipinski definition) is 2. The van der Waals surface area contributed by atoms with Crippen LogP contribution in [0.1, 0.15) is 24.6 Å². The SMILES string of the molecule is CC1(NCc2cc(Br)c(Cl)s2)CC1. The van der Waals surface area contributed by atoms with Crippen LogP contribution in [0, 0.1) is 0 Å². The zero-order valence-electron chi connectivity index (χ0n) is 7.36. The van der Waals surface area contributed by atoms with Gasteiger partial charge in [-0.05, 0) is 41.8 Å². The Kier molecular flexibility index (Phi) is 2.71. The van der Waals surface area contributed by atoms with Gasteiger partial charge in [0, 0.05) is 21.4 Å². The van der Waals surface area contributed by atoms with Crippen LogP contribution in [0.5, 0.6) is 0 Å². The molecule has 1 aliphatic carbocycles. The quantitative estimate of drug-likeness (QED) is 0.888. The zero-order chi connectivity index (χ0) is 9.47. The van der Waals surface area contributed by atoms with Crippen molar-refractivity contribution in [3.8, 4) is 0 Å². The predicted octanol–water partition coefficient (Wildman–Crippen LogP) is 3.81. The topological polar surface area (TPSA) is 12.0 Å². The molecule has 4 heteroatoms. The second kappa shape index (κ2) is 3.54. The van der Waals surface area contributed by atoms with E-state index in [9.17, 15) is 0 Å². The minimum Gasteiger partial charge on any atom is -0.307 e. The fourth-order valence-corrected chi connectivity index (χ4v) is 2.87. The standard InChI is InChI=1S/C9H11BrClNS/c1-9(2-3-9)12-5-6-4-7(10)8(11)13-6/h4,12H,2-3,5H2,1H3. The largest absolute Gasteiger partial charge is 0.307 e. The minimum absolute atomic E-state index is 0.406. The van der Waals surface area contributed by atoms with Crippen LogP contribution in [0.3, 0.4) is 0 Å². The van der Waals surface area contributed by atoms with Crippen LogP contribution in [0.15, 0.2) is 10.5 Å². The summed E-state index contributed by atoms with van der Waals surface area (Å²) in [7, 11) is 0. The maximum absolute atomic E-state index is 5.94. The lowest BCUT2D eigenvalue weighted by Gasteiger charge is -2.08. The Labute approximate surface area is 95.6 Å². The first-order valence-electron chi connectivity index (χ1n) is 4.28. The fourth-order valence-electron chi connectivity index (χ4n) is 1.14. The van der Waals surface area contributed by atoms with Gasteiger partial charge in [-0.3, -0.25) is 0 Å². The molecule has 0 bridgehead atoms. The van der Waals surface area contributed by atoms with Gasteiger partial charge in [-0.25, -0.2) is 0 Å². The van der Waals surface area contributed by atoms with Crippen molar-refractivity contribution in [1.29, 1.82) is 0 Å². The number of halogens is 2. The van der Waals surface area contributed by atoms with Crippen molar-refractivity contribution >= 4 is 38.9 Å². The Bertz CT molecular complexity index is 300. The predicted molar refractivity (Wildman–Crippen MR) is 61.5 cm³/mol. The van der Waals surface area contributed by atoms with E-state index in [0.29, 0.717) is 5.54 Å². The fraction of sp³-hybridized carbons (Fsp3) is 0.556. The van der Waals surface area contributed by atoms with Crippen molar-refractivity contribution in [2.75, 3.05) is 0 Å². The van der Waals surface area contributed by atoms with Crippen LogP contribution in [0.4, 0.5) is 0 Å². The third kappa shape index (κ3) is 2.46. The zero-order valence-corrected chi connectivity index (χ0v) is 10.5. The van der Waals surface area contributed by atoms with Gasteiger partial charge in [-0.1, -0.05) is 11.6 Å². The Hall–Kier alpha value is 0.430. The van der Waals surface area contributed by atoms with E-state index in [-0.39, 0.29) is 0 Å². The lowest BCUT2D eigenvalue weighted by Crippen LogP contribution is -2.26. The molecule has 1 heterocycles. The molecular weight excluding hydrogens is 270 g/mol. The van der Waals surface area contributed by atoms with E-state index in [4.69, 9.17) is 11.6 Å². The van der Waals surface area contributed by atoms with Gasteiger partial charge >= 0.3 is 0 Å². The molecule has 2 rings (SSSR count). The summed E-state index contributed by atoms with van der Waals surface area (Å²) in [6.45, 7) is 3.20. The van der Waals surface area contributed by atoms with Crippen molar-refractivity contribution < 1.29 is 0 Å². The van der Waals surface area contributed by atoms with Crippen molar-refractivity contribution in [2.45, 2.75) is 31.8 Å². The molecule has 0 aliphatic heterocycles. The first kappa shape index (κ1) is 9.97. The van der Waals surface area contributed by atoms with E-state index in [1.54, 1.807) is 11.3 Å². The smallest absolute Gasteiger partial charge is 0.107 e. The number of rotatable bonds is 3. The highest BCUT2D eigenvalue weighted by Crippen LogP contribution is 2.36. The minimum atomic E-state index is 0.406. The summed E-state index contributed by atoms with van der Waals surface area (Å²) in [6.07, 6.45) is 2.60. The van der Waals surface area contributed by atoms with Crippen LogP contribution in [0.2, 0.25) is 4.34 Å². The summed E-state index contributed by atoms with van der Waals surface area (Å²) in [5, 5.41) is 3.52. The van der Waals surface area contributed by atoms with Gasteiger partial charge in [0.2, 0.25) is 0 Å². The number of nitrogens with one attached hydrogen (secondary N) is 1. The Morgan fingerprint density at radius 3 is 2.85 bits per heavy atom. The van der Waals surface area contributed by atoms with Gasteiger partial charge in [-0.15, -0.1) is 11.3 Å². The van der Waals surface area contributed by atoms with E-state index in [1.165, 1.54) is 17.7 Å². The summed E-state index contributed by atoms with van der Waals surface area (Å²) >= 11 is 11.0. The van der Waals surface area contributed by atoms with Crippen molar-refractivity contribution in [2.24, 2.45) is 0 Å². The first-order chi connectivity index (χ1) is 6.09. The molecule has 72 valence electrons. The highest BCUT2D eigenvalue weighted by molar-refractivity contribution is 9.10. The Morgan fingerprint density at radius 1 is 1.69 bits per heavy atom. The molecule has 13 heavy (non-hydrogen) atoms. The highest BCUT2D eigenvalue weighted by Gasteiger charge is 2.36. The van der Waals surface area contributed by atoms with E-state index >= 15 is 0 Å². The number of hydrogen-bond donors (Lipinski definition) is 1. The van der Waals surface area contributed by atoms with Crippen LogP contribution in [0.25, 0.3) is 0 Å². The van der Waals surface area contributed by atoms with E-state index in [1.807, 2.05) is 0 Å². The average molecular weight is 281 g/mol. The van der Waals surface area contributed by atoms with E-state index in [0.717, 1.165) is 15.4 Å². The summed E-state index contributed by atoms with van der Waals surface area (Å²) < 4.78 is 1.86. The Balaban J connectivity index is 1.94. The molecule has 1 fully saturated rings. The van der Waals surface area contributed by atoms with Crippen LogP contribution >= 0.6 is 38.9 Å². The molecule has 0 radical (unpaired) electrons. The molecule has 0 saturated heterocycles. The molecule has 1 aromatic heterocycles. The van der Waals surface area contributed by atoms with Crippen molar-refractivity contribution in [3.63, 3.8) is 0 Å². The van der Waals surface area contributed by atoms with Crippen molar-refractivity contribution in [3.05, 3.63) is 19.8 Å². The normalized spacial score (nSPS) is 19.0. The van der Waals surface area contributed by atoms with Gasteiger partial charge in [0.25, 0.3) is 0 Å². The highest BCUT2D eigenvalue weighted by atomic mass is 79.9. The maximum Gasteiger partial charge on any atom is 0.107 e. The summed E-state index contributed by atoms with van der Waals surface area (Å²) in [4.78, 5) is 1.30. The van der Waals surface area contributed by atoms with Gasteiger partial charge in [0.05, 0.1) is 0 Å². The molecule has 1 aliphatic rings. The lowest BCUT2D eigenvalue weighted by molar-refractivity contribution is 0.541. The molecule has 1 saturated carbocycles. The first-order valence-corrected chi connectivity index (χ1v) is 6.27. The lowest BCUT2D eigenvalue weighted by atomic mass is 10.3. The second-order valence-electron chi connectivity index (χ2n) is 3.75. The third-order valence-electron chi connectivity index (χ3n) is 2.39. The van der Waals surface area contributed by atoms with E-state index in [2.05, 4.69) is 34.2 Å². The molecule has 0 unspecified atom stereocenters. The second-order valence-corrected chi connectivity index (χ2v) is 6.34. The van der Waals surface area contributed by atoms with Gasteiger partial charge in [-0.2, -0.15) is 0 Å². The molecule has 0 amide bonds. The summed E-state index contributed by atoms with van der Waals surface area (Å²) in [6, 6.07) is 2.09. The molecule has 0 spiro atoms. The molecule has 1 aromatic rings. The van der Waals surface area contributed by atoms with Crippen LogP contribution < -0.4 is 5.32 Å². The summed E-state index contributed by atoms with van der Waals surface area (Å²) in [5.41, 5.74) is 0.406. The van der Waals surface area contributed by atoms with Crippen LogP contribution in [-0.4, -0.2) is 5.54 Å². The average Bonchev–Trinajstić information content (AvgIpc) is 2.72. The van der Waals surface area contributed by atoms with Gasteiger partial charge in [0.15, 0.2) is 0 Å². The maximum atomic E-state index is 5.94. The van der Waals surface area contributed by atoms with Gasteiger partial charge in [0.1, 0.15) is 4.34 Å². The molecular formula is C9H11BrClNS. The van der Waals surface area contributed by atoms with Gasteiger partial charge < -0.3 is 5.32 Å². The van der Waals surface area contributed by atoms with Crippen molar-refractivity contribution in [1.82, 2.24) is 5.32 Å². The molecule has 0 atom stereocenters. The number of thiophene rings is 1. The Morgan fingerprint density at radius 2 is 2.38 bits per heavy atom. The third-order valence-corrected chi connectivity index (χ3v) is 4.86. The summed E-state index contributed by atoms with van der Waals surface area (Å²) in [5.74, 6) is 0. The van der Waals surface area contributed by atoms with E-state index < -0.39 is 0 Å². The monoisotopic (exact) mass is 279 g/mol. The molecule has 1 nitrogen and oxygen atoms in total. The molecule has 0 aromatic carbocycles.